The van der Waals surface area contributed by atoms with Crippen LogP contribution in [-0.4, -0.2) is 37.7 Å². The zero-order valence-corrected chi connectivity index (χ0v) is 20.3. The zero-order chi connectivity index (χ0) is 25.2. The number of carbonyl (C=O) groups excluding carboxylic acids is 1. The molecule has 0 bridgehead atoms. The number of H-pyrrole nitrogens is 1. The molecule has 0 spiro atoms. The number of carbonyl (C=O) groups is 1. The Morgan fingerprint density at radius 3 is 2.63 bits per heavy atom. The second kappa shape index (κ2) is 8.16. The van der Waals surface area contributed by atoms with E-state index >= 15 is 0 Å². The maximum absolute atomic E-state index is 12.3. The number of anilines is 1. The monoisotopic (exact) mass is 497 g/mol. The summed E-state index contributed by atoms with van der Waals surface area (Å²) in [5.41, 5.74) is 9.70. The minimum absolute atomic E-state index is 0.0459. The highest BCUT2D eigenvalue weighted by Crippen LogP contribution is 2.40. The molecule has 2 aliphatic heterocycles. The number of aromatic nitrogens is 4. The average Bonchev–Trinajstić information content (AvgIpc) is 3.89. The third-order valence-corrected chi connectivity index (χ3v) is 7.49. The fourth-order valence-corrected chi connectivity index (χ4v) is 5.28. The average molecular weight is 498 g/mol. The van der Waals surface area contributed by atoms with E-state index in [9.17, 15) is 4.79 Å². The van der Waals surface area contributed by atoms with Crippen LogP contribution in [0.5, 0.6) is 0 Å². The second-order valence-electron chi connectivity index (χ2n) is 10.1. The van der Waals surface area contributed by atoms with Crippen LogP contribution >= 0.6 is 0 Å². The van der Waals surface area contributed by atoms with Crippen molar-refractivity contribution in [3.05, 3.63) is 96.5 Å². The number of nitrogens with zero attached hydrogens (tertiary/aromatic N) is 4. The predicted octanol–water partition coefficient (Wildman–Crippen LogP) is 4.86. The maximum atomic E-state index is 12.3. The molecule has 3 N–H and O–H groups in total. The van der Waals surface area contributed by atoms with Crippen LogP contribution in [0, 0.1) is 5.92 Å². The van der Waals surface area contributed by atoms with Crippen molar-refractivity contribution >= 4 is 28.2 Å². The first kappa shape index (κ1) is 21.4. The molecule has 2 fully saturated rings. The van der Waals surface area contributed by atoms with Gasteiger partial charge in [0, 0.05) is 58.3 Å². The Bertz CT molecular complexity index is 1770. The summed E-state index contributed by atoms with van der Waals surface area (Å²) in [6.07, 6.45) is 11.0. The highest BCUT2D eigenvalue weighted by atomic mass is 16.2. The van der Waals surface area contributed by atoms with Crippen molar-refractivity contribution in [3.8, 4) is 22.3 Å². The minimum Gasteiger partial charge on any atom is -0.353 e. The van der Waals surface area contributed by atoms with Crippen LogP contribution < -0.4 is 10.6 Å². The maximum Gasteiger partial charge on any atom is 0.227 e. The highest BCUT2D eigenvalue weighted by Gasteiger charge is 2.44. The molecular weight excluding hydrogens is 474 g/mol. The molecule has 8 nitrogen and oxygen atoms in total. The lowest BCUT2D eigenvalue weighted by atomic mass is 9.96. The van der Waals surface area contributed by atoms with Gasteiger partial charge in [0.15, 0.2) is 0 Å². The van der Waals surface area contributed by atoms with Crippen molar-refractivity contribution in [2.24, 2.45) is 10.9 Å². The van der Waals surface area contributed by atoms with Gasteiger partial charge in [-0.25, -0.2) is 0 Å². The molecule has 2 unspecified atom stereocenters. The first-order valence-electron chi connectivity index (χ1n) is 12.8. The van der Waals surface area contributed by atoms with Crippen LogP contribution in [0.25, 0.3) is 33.2 Å². The van der Waals surface area contributed by atoms with Gasteiger partial charge < -0.3 is 10.3 Å². The Hall–Kier alpha value is -4.69. The molecule has 1 saturated carbocycles. The molecule has 1 aromatic carbocycles. The summed E-state index contributed by atoms with van der Waals surface area (Å²) in [5.74, 6) is 0.204. The molecule has 5 aromatic rings. The fraction of sp³-hybridized carbons (Fsp3) is 0.167. The summed E-state index contributed by atoms with van der Waals surface area (Å²) in [7, 11) is 0. The molecule has 0 radical (unpaired) electrons. The smallest absolute Gasteiger partial charge is 0.227 e. The summed E-state index contributed by atoms with van der Waals surface area (Å²) in [5, 5.41) is 7.56. The van der Waals surface area contributed by atoms with E-state index in [0.29, 0.717) is 5.69 Å². The highest BCUT2D eigenvalue weighted by molar-refractivity contribution is 6.16. The minimum atomic E-state index is 0.0459. The molecule has 8 rings (SSSR count). The first-order valence-corrected chi connectivity index (χ1v) is 12.8. The third kappa shape index (κ3) is 3.61. The summed E-state index contributed by atoms with van der Waals surface area (Å²) in [6, 6.07) is 16.8. The van der Waals surface area contributed by atoms with Crippen molar-refractivity contribution < 1.29 is 4.79 Å². The molecule has 6 heterocycles. The van der Waals surface area contributed by atoms with Gasteiger partial charge >= 0.3 is 0 Å². The van der Waals surface area contributed by atoms with E-state index in [2.05, 4.69) is 55.9 Å². The number of rotatable bonds is 5. The molecule has 2 atom stereocenters. The predicted molar refractivity (Wildman–Crippen MR) is 146 cm³/mol. The first-order chi connectivity index (χ1) is 18.7. The van der Waals surface area contributed by atoms with E-state index in [-0.39, 0.29) is 24.0 Å². The molecule has 3 aliphatic rings. The summed E-state index contributed by atoms with van der Waals surface area (Å²) >= 11 is 0. The summed E-state index contributed by atoms with van der Waals surface area (Å²) in [4.78, 5) is 34.3. The van der Waals surface area contributed by atoms with Crippen LogP contribution in [0.1, 0.15) is 35.8 Å². The van der Waals surface area contributed by atoms with Gasteiger partial charge in [0.25, 0.3) is 0 Å². The molecule has 38 heavy (non-hydrogen) atoms. The largest absolute Gasteiger partial charge is 0.353 e. The van der Waals surface area contributed by atoms with Crippen molar-refractivity contribution in [1.82, 2.24) is 25.3 Å². The standard InChI is InChI=1S/C30H23N7O/c38-30(17-4-5-17)34-20-10-18(13-32-15-20)19-11-23-26(36-29-28(37-29)27(23)33-14-19)25-12-22-21(2-1-3-24(22)35-25)16-6-8-31-9-7-16/h1-3,6-15,17,28-29,35,37H,4-5H2,(H,34,38). The second-order valence-corrected chi connectivity index (χ2v) is 10.1. The lowest BCUT2D eigenvalue weighted by molar-refractivity contribution is -0.117. The van der Waals surface area contributed by atoms with Crippen LogP contribution in [0.2, 0.25) is 0 Å². The number of hydrogen-bond acceptors (Lipinski definition) is 6. The molecular formula is C30H23N7O. The van der Waals surface area contributed by atoms with Crippen LogP contribution in [0.15, 0.2) is 84.5 Å². The third-order valence-electron chi connectivity index (χ3n) is 7.49. The van der Waals surface area contributed by atoms with E-state index in [4.69, 9.17) is 9.98 Å². The Morgan fingerprint density at radius 1 is 0.895 bits per heavy atom. The van der Waals surface area contributed by atoms with E-state index in [1.807, 2.05) is 36.8 Å². The number of hydrogen-bond donors (Lipinski definition) is 3. The topological polar surface area (TPSA) is 118 Å². The van der Waals surface area contributed by atoms with Crippen molar-refractivity contribution in [2.45, 2.75) is 25.0 Å². The molecule has 1 saturated heterocycles. The number of nitrogens with one attached hydrogen (secondary N) is 3. The number of pyridine rings is 3. The van der Waals surface area contributed by atoms with Crippen molar-refractivity contribution in [3.63, 3.8) is 0 Å². The number of aliphatic imine (C=N–C) groups is 1. The van der Waals surface area contributed by atoms with Gasteiger partial charge in [0.1, 0.15) is 6.17 Å². The van der Waals surface area contributed by atoms with Gasteiger partial charge in [0.2, 0.25) is 5.91 Å². The van der Waals surface area contributed by atoms with Gasteiger partial charge in [-0.05, 0) is 60.4 Å². The quantitative estimate of drug-likeness (QED) is 0.300. The molecule has 1 aliphatic carbocycles. The van der Waals surface area contributed by atoms with Crippen LogP contribution in [0.4, 0.5) is 5.69 Å². The summed E-state index contributed by atoms with van der Waals surface area (Å²) in [6.45, 7) is 0. The SMILES string of the molecule is O=C(Nc1cncc(-c2cnc3c(c2)C(c2cc4c(-c5ccncc5)cccc4[nH]2)=NC2NC32)c1)C1CC1. The van der Waals surface area contributed by atoms with E-state index in [1.165, 1.54) is 0 Å². The van der Waals surface area contributed by atoms with E-state index in [1.54, 1.807) is 12.4 Å². The van der Waals surface area contributed by atoms with Gasteiger partial charge in [-0.1, -0.05) is 12.1 Å². The molecule has 4 aromatic heterocycles. The Kier molecular flexibility index (Phi) is 4.59. The molecule has 184 valence electrons. The van der Waals surface area contributed by atoms with Gasteiger partial charge in [-0.3, -0.25) is 30.1 Å². The Balaban J connectivity index is 1.19. The summed E-state index contributed by atoms with van der Waals surface area (Å²) < 4.78 is 0. The zero-order valence-electron chi connectivity index (χ0n) is 20.3. The molecule has 8 heteroatoms. The van der Waals surface area contributed by atoms with Crippen LogP contribution in [0.3, 0.4) is 0 Å². The van der Waals surface area contributed by atoms with Gasteiger partial charge in [-0.2, -0.15) is 0 Å². The lowest BCUT2D eigenvalue weighted by Gasteiger charge is -2.15. The van der Waals surface area contributed by atoms with Gasteiger partial charge in [-0.15, -0.1) is 0 Å². The Labute approximate surface area is 218 Å². The normalized spacial score (nSPS) is 19.4. The Morgan fingerprint density at radius 2 is 1.76 bits per heavy atom. The van der Waals surface area contributed by atoms with Gasteiger partial charge in [0.05, 0.1) is 35.0 Å². The van der Waals surface area contributed by atoms with Crippen molar-refractivity contribution in [1.29, 1.82) is 0 Å². The number of amides is 1. The molecule has 1 amide bonds. The van der Waals surface area contributed by atoms with E-state index in [0.717, 1.165) is 68.7 Å². The number of aromatic amines is 1. The van der Waals surface area contributed by atoms with Crippen LogP contribution in [-0.2, 0) is 4.79 Å². The van der Waals surface area contributed by atoms with Crippen molar-refractivity contribution in [2.75, 3.05) is 5.32 Å². The number of benzene rings is 1. The lowest BCUT2D eigenvalue weighted by Crippen LogP contribution is -2.15. The fourth-order valence-electron chi connectivity index (χ4n) is 5.28. The number of fused-ring (bicyclic) bond motifs is 4. The van der Waals surface area contributed by atoms with E-state index < -0.39 is 0 Å².